The zero-order chi connectivity index (χ0) is 36.4. The molecule has 1 atom stereocenters. The highest BCUT2D eigenvalue weighted by molar-refractivity contribution is 7.88. The van der Waals surface area contributed by atoms with Crippen LogP contribution >= 0.6 is 11.6 Å². The smallest absolute Gasteiger partial charge is 0.417 e. The van der Waals surface area contributed by atoms with E-state index in [1.807, 2.05) is 0 Å². The molecular weight excluding hydrogens is 695 g/mol. The standard InChI is InChI=1S/C35H41ClF3N5O5S/c1-34(2,3)49-33(46)40-27-13-16-42(17-14-27)20-28(45)21-44-31-15-18-43(50(4,47)48)22-29(31)32(41-44)25-9-12-30(35(37,38)39)24(19-25)8-5-23-6-10-26(36)11-7-23/h6-7,9-12,19,27-28,45H,13-18,20-22H2,1-4H3,(H,40,46). The Hall–Kier alpha value is -3.61. The lowest BCUT2D eigenvalue weighted by Crippen LogP contribution is -2.48. The van der Waals surface area contributed by atoms with Crippen molar-refractivity contribution in [2.75, 3.05) is 32.4 Å². The summed E-state index contributed by atoms with van der Waals surface area (Å²) >= 11 is 5.94. The van der Waals surface area contributed by atoms with Gasteiger partial charge in [-0.2, -0.15) is 22.6 Å². The molecule has 2 aliphatic rings. The van der Waals surface area contributed by atoms with E-state index in [9.17, 15) is 31.5 Å². The molecule has 2 N–H and O–H groups in total. The molecule has 0 saturated carbocycles. The average Bonchev–Trinajstić information content (AvgIpc) is 3.37. The molecule has 1 unspecified atom stereocenters. The van der Waals surface area contributed by atoms with Crippen molar-refractivity contribution in [3.05, 3.63) is 75.4 Å². The summed E-state index contributed by atoms with van der Waals surface area (Å²) in [6, 6.07) is 9.97. The lowest BCUT2D eigenvalue weighted by molar-refractivity contribution is -0.137. The van der Waals surface area contributed by atoms with Gasteiger partial charge in [0, 0.05) is 78.2 Å². The number of piperidine rings is 1. The largest absolute Gasteiger partial charge is 0.444 e. The van der Waals surface area contributed by atoms with Crippen LogP contribution in [0, 0.1) is 11.8 Å². The number of alkyl carbamates (subject to hydrolysis) is 1. The number of likely N-dealkylation sites (tertiary alicyclic amines) is 1. The lowest BCUT2D eigenvalue weighted by Gasteiger charge is -2.34. The monoisotopic (exact) mass is 735 g/mol. The molecular formula is C35H41ClF3N5O5S. The number of fused-ring (bicyclic) bond motifs is 1. The van der Waals surface area contributed by atoms with Gasteiger partial charge in [0.1, 0.15) is 5.60 Å². The van der Waals surface area contributed by atoms with Crippen molar-refractivity contribution >= 4 is 27.7 Å². The molecule has 0 radical (unpaired) electrons. The van der Waals surface area contributed by atoms with Gasteiger partial charge in [-0.15, -0.1) is 0 Å². The molecule has 0 bridgehead atoms. The molecule has 5 rings (SSSR count). The summed E-state index contributed by atoms with van der Waals surface area (Å²) in [5.74, 6) is 5.43. The number of nitrogens with zero attached hydrogens (tertiary/aromatic N) is 4. The van der Waals surface area contributed by atoms with Gasteiger partial charge in [-0.1, -0.05) is 29.5 Å². The van der Waals surface area contributed by atoms with Crippen molar-refractivity contribution in [2.24, 2.45) is 0 Å². The second kappa shape index (κ2) is 14.9. The Balaban J connectivity index is 1.38. The third-order valence-corrected chi connectivity index (χ3v) is 10.0. The molecule has 1 aromatic heterocycles. The first-order chi connectivity index (χ1) is 23.4. The van der Waals surface area contributed by atoms with Crippen LogP contribution in [0.2, 0.25) is 5.02 Å². The van der Waals surface area contributed by atoms with E-state index < -0.39 is 39.6 Å². The fourth-order valence-electron chi connectivity index (χ4n) is 6.14. The Bertz CT molecular complexity index is 1870. The second-order valence-corrected chi connectivity index (χ2v) is 16.1. The van der Waals surface area contributed by atoms with Crippen molar-refractivity contribution in [3.8, 4) is 23.1 Å². The van der Waals surface area contributed by atoms with E-state index in [0.29, 0.717) is 72.0 Å². The van der Waals surface area contributed by atoms with Gasteiger partial charge < -0.3 is 20.1 Å². The highest BCUT2D eigenvalue weighted by Crippen LogP contribution is 2.36. The van der Waals surface area contributed by atoms with Gasteiger partial charge in [0.05, 0.1) is 30.2 Å². The number of benzene rings is 2. The van der Waals surface area contributed by atoms with Gasteiger partial charge in [0.15, 0.2) is 0 Å². The minimum absolute atomic E-state index is 0.00936. The molecule has 1 saturated heterocycles. The number of rotatable bonds is 7. The number of halogens is 4. The summed E-state index contributed by atoms with van der Waals surface area (Å²) in [6.45, 7) is 7.34. The Morgan fingerprint density at radius 3 is 2.38 bits per heavy atom. The summed E-state index contributed by atoms with van der Waals surface area (Å²) in [5.41, 5.74) is 0.686. The first-order valence-corrected chi connectivity index (χ1v) is 18.5. The first-order valence-electron chi connectivity index (χ1n) is 16.3. The van der Waals surface area contributed by atoms with Crippen LogP contribution in [0.4, 0.5) is 18.0 Å². The summed E-state index contributed by atoms with van der Waals surface area (Å²) < 4.78 is 75.5. The second-order valence-electron chi connectivity index (χ2n) is 13.7. The Kier molecular flexibility index (Phi) is 11.2. The van der Waals surface area contributed by atoms with E-state index >= 15 is 0 Å². The third-order valence-electron chi connectivity index (χ3n) is 8.51. The number of hydrogen-bond donors (Lipinski definition) is 2. The zero-order valence-electron chi connectivity index (χ0n) is 28.3. The lowest BCUT2D eigenvalue weighted by atomic mass is 9.97. The quantitative estimate of drug-likeness (QED) is 0.317. The number of aromatic nitrogens is 2. The fraction of sp³-hybridized carbons (Fsp3) is 0.486. The zero-order valence-corrected chi connectivity index (χ0v) is 29.9. The highest BCUT2D eigenvalue weighted by atomic mass is 35.5. The number of amides is 1. The highest BCUT2D eigenvalue weighted by Gasteiger charge is 2.35. The Labute approximate surface area is 295 Å². The summed E-state index contributed by atoms with van der Waals surface area (Å²) in [6.07, 6.45) is -3.17. The number of β-amino-alcohol motifs (C(OH)–C–C–N with tert-alkyl or cyclic N) is 1. The van der Waals surface area contributed by atoms with E-state index in [-0.39, 0.29) is 31.2 Å². The maximum absolute atomic E-state index is 14.1. The molecule has 10 nitrogen and oxygen atoms in total. The van der Waals surface area contributed by atoms with E-state index in [1.165, 1.54) is 16.4 Å². The van der Waals surface area contributed by atoms with Gasteiger partial charge in [-0.05, 0) is 70.0 Å². The number of aliphatic hydroxyl groups excluding tert-OH is 1. The molecule has 15 heteroatoms. The normalized spacial score (nSPS) is 17.1. The van der Waals surface area contributed by atoms with Crippen LogP contribution in [0.5, 0.6) is 0 Å². The van der Waals surface area contributed by atoms with Crippen molar-refractivity contribution in [3.63, 3.8) is 0 Å². The number of carbonyl (C=O) groups excluding carboxylic acids is 1. The number of hydrogen-bond acceptors (Lipinski definition) is 7. The predicted molar refractivity (Wildman–Crippen MR) is 184 cm³/mol. The van der Waals surface area contributed by atoms with Crippen LogP contribution in [0.25, 0.3) is 11.3 Å². The van der Waals surface area contributed by atoms with E-state index in [1.54, 1.807) is 49.7 Å². The molecule has 0 spiro atoms. The number of aliphatic hydroxyl groups is 1. The maximum Gasteiger partial charge on any atom is 0.417 e. The van der Waals surface area contributed by atoms with E-state index in [4.69, 9.17) is 21.4 Å². The number of nitrogens with one attached hydrogen (secondary N) is 1. The topological polar surface area (TPSA) is 117 Å². The molecule has 1 amide bonds. The van der Waals surface area contributed by atoms with Crippen molar-refractivity contribution in [2.45, 2.75) is 77.0 Å². The Morgan fingerprint density at radius 1 is 1.08 bits per heavy atom. The van der Waals surface area contributed by atoms with Crippen LogP contribution in [0.15, 0.2) is 42.5 Å². The van der Waals surface area contributed by atoms with Crippen LogP contribution in [-0.4, -0.2) is 88.8 Å². The summed E-state index contributed by atoms with van der Waals surface area (Å²) in [7, 11) is -3.57. The number of sulfonamides is 1. The number of alkyl halides is 3. The molecule has 3 aromatic rings. The minimum Gasteiger partial charge on any atom is -0.444 e. The Morgan fingerprint density at radius 2 is 1.76 bits per heavy atom. The fourth-order valence-corrected chi connectivity index (χ4v) is 7.05. The van der Waals surface area contributed by atoms with Gasteiger partial charge in [-0.3, -0.25) is 4.68 Å². The molecule has 50 heavy (non-hydrogen) atoms. The summed E-state index contributed by atoms with van der Waals surface area (Å²) in [5, 5.41) is 19.3. The summed E-state index contributed by atoms with van der Waals surface area (Å²) in [4.78, 5) is 14.3. The number of carbonyl (C=O) groups is 1. The van der Waals surface area contributed by atoms with Gasteiger partial charge in [-0.25, -0.2) is 13.2 Å². The van der Waals surface area contributed by atoms with Crippen molar-refractivity contribution in [1.29, 1.82) is 0 Å². The predicted octanol–water partition coefficient (Wildman–Crippen LogP) is 5.29. The molecule has 270 valence electrons. The van der Waals surface area contributed by atoms with Gasteiger partial charge in [0.2, 0.25) is 10.0 Å². The third kappa shape index (κ3) is 9.79. The molecule has 3 heterocycles. The van der Waals surface area contributed by atoms with Gasteiger partial charge >= 0.3 is 12.3 Å². The molecule has 2 aromatic carbocycles. The van der Waals surface area contributed by atoms with Crippen LogP contribution in [0.3, 0.4) is 0 Å². The molecule has 2 aliphatic heterocycles. The van der Waals surface area contributed by atoms with Crippen LogP contribution in [0.1, 0.15) is 61.6 Å². The molecule has 0 aliphatic carbocycles. The van der Waals surface area contributed by atoms with Crippen molar-refractivity contribution < 1.29 is 36.2 Å². The van der Waals surface area contributed by atoms with Gasteiger partial charge in [0.25, 0.3) is 0 Å². The van der Waals surface area contributed by atoms with Crippen LogP contribution in [-0.2, 0) is 40.4 Å². The SMILES string of the molecule is CC(C)(C)OC(=O)NC1CCN(CC(O)Cn2nc(-c3ccc(C(F)(F)F)c(C#Cc4ccc(Cl)cc4)c3)c3c2CCN(S(C)(=O)=O)C3)CC1. The molecule has 1 fully saturated rings. The first kappa shape index (κ1) is 37.6. The minimum atomic E-state index is -4.67. The average molecular weight is 736 g/mol. The van der Waals surface area contributed by atoms with E-state index in [0.717, 1.165) is 12.3 Å². The van der Waals surface area contributed by atoms with Crippen LogP contribution < -0.4 is 5.32 Å². The van der Waals surface area contributed by atoms with Crippen molar-refractivity contribution in [1.82, 2.24) is 24.3 Å². The van der Waals surface area contributed by atoms with E-state index in [2.05, 4.69) is 22.1 Å². The number of ether oxygens (including phenoxy) is 1. The maximum atomic E-state index is 14.1.